The second kappa shape index (κ2) is 38.6. The number of hydrogen-bond acceptors (Lipinski definition) is 15. The van der Waals surface area contributed by atoms with Crippen molar-refractivity contribution in [3.8, 4) is 0 Å². The number of nitrogens with one attached hydrogen (secondary N) is 1. The fraction of sp³-hybridized carbons (Fsp3) is 0.800. The van der Waals surface area contributed by atoms with Gasteiger partial charge in [-0.2, -0.15) is 0 Å². The van der Waals surface area contributed by atoms with Gasteiger partial charge in [-0.1, -0.05) is 25.3 Å². The molecule has 0 rings (SSSR count). The van der Waals surface area contributed by atoms with Crippen molar-refractivity contribution in [1.82, 2.24) is 10.2 Å². The summed E-state index contributed by atoms with van der Waals surface area (Å²) in [5.41, 5.74) is -0.506. The van der Waals surface area contributed by atoms with Crippen LogP contribution in [-0.2, 0) is 61.7 Å². The Bertz CT molecular complexity index is 842. The van der Waals surface area contributed by atoms with Gasteiger partial charge in [0.25, 0.3) is 0 Å². The van der Waals surface area contributed by atoms with Crippen molar-refractivity contribution in [2.24, 2.45) is 0 Å². The summed E-state index contributed by atoms with van der Waals surface area (Å²) in [6, 6.07) is 0. The minimum Gasteiger partial charge on any atom is -0.461 e. The summed E-state index contributed by atoms with van der Waals surface area (Å²) in [5, 5.41) is 3.00. The van der Waals surface area contributed by atoms with Crippen LogP contribution in [0.15, 0.2) is 25.3 Å². The van der Waals surface area contributed by atoms with E-state index in [-0.39, 0.29) is 44.1 Å². The summed E-state index contributed by atoms with van der Waals surface area (Å²) in [5.74, 6) is -0.593. The first-order valence-corrected chi connectivity index (χ1v) is 17.3. The van der Waals surface area contributed by atoms with Crippen LogP contribution in [0, 0.1) is 0 Å². The molecule has 0 aromatic carbocycles. The van der Waals surface area contributed by atoms with Crippen molar-refractivity contribution in [2.45, 2.75) is 39.2 Å². The van der Waals surface area contributed by atoms with Crippen molar-refractivity contribution < 1.29 is 66.5 Å². The zero-order chi connectivity index (χ0) is 38.3. The largest absolute Gasteiger partial charge is 0.461 e. The Labute approximate surface area is 305 Å². The number of likely N-dealkylation sites (N-methyl/N-ethyl adjacent to an activating group) is 2. The highest BCUT2D eigenvalue weighted by molar-refractivity contribution is 5.69. The molecule has 0 bridgehead atoms. The minimum absolute atomic E-state index is 0.213. The Hall–Kier alpha value is -2.67. The predicted octanol–water partition coefficient (Wildman–Crippen LogP) is 2.43. The molecule has 0 aromatic rings. The number of carbonyl (C=O) groups excluding carboxylic acids is 3. The van der Waals surface area contributed by atoms with E-state index in [9.17, 15) is 14.4 Å². The lowest BCUT2D eigenvalue weighted by atomic mass is 10.2. The first kappa shape index (κ1) is 50.4. The van der Waals surface area contributed by atoms with E-state index in [0.717, 1.165) is 6.54 Å². The van der Waals surface area contributed by atoms with Gasteiger partial charge < -0.3 is 62.3 Å². The van der Waals surface area contributed by atoms with Crippen LogP contribution in [0.1, 0.15) is 33.6 Å². The average molecular weight is 739 g/mol. The summed E-state index contributed by atoms with van der Waals surface area (Å²) < 4.78 is 57.5. The number of nitrogens with zero attached hydrogens (tertiary/aromatic N) is 1. The standard InChI is InChI=1S/C20H37NO8.C15H29NO6/c1-6-9-28-18(22)7-10-24-12-14-26-16-17-27-15-13-25-11-8-21(5)19(23)29-20(2,3)4;1-3-6-22-15(17)4-7-18-9-11-20-13-14-21-12-10-19-8-5-16-2/h6H,1,7-17H2,2-5H3;3,16H,1,4-14H2,2H3. The molecular weight excluding hydrogens is 672 g/mol. The van der Waals surface area contributed by atoms with Gasteiger partial charge in [0, 0.05) is 20.1 Å². The van der Waals surface area contributed by atoms with Crippen LogP contribution in [0.2, 0.25) is 0 Å². The van der Waals surface area contributed by atoms with Gasteiger partial charge in [0.05, 0.1) is 119 Å². The molecule has 0 atom stereocenters. The Morgan fingerprint density at radius 3 is 1.24 bits per heavy atom. The smallest absolute Gasteiger partial charge is 0.410 e. The van der Waals surface area contributed by atoms with Crippen molar-refractivity contribution in [2.75, 3.05) is 146 Å². The molecule has 0 spiro atoms. The van der Waals surface area contributed by atoms with Crippen molar-refractivity contribution in [3.63, 3.8) is 0 Å². The lowest BCUT2D eigenvalue weighted by Gasteiger charge is -2.24. The highest BCUT2D eigenvalue weighted by Gasteiger charge is 2.19. The zero-order valence-corrected chi connectivity index (χ0v) is 31.8. The van der Waals surface area contributed by atoms with Gasteiger partial charge in [0.2, 0.25) is 0 Å². The maximum atomic E-state index is 11.8. The van der Waals surface area contributed by atoms with Gasteiger partial charge in [-0.05, 0) is 27.8 Å². The maximum absolute atomic E-state index is 11.8. The van der Waals surface area contributed by atoms with Gasteiger partial charge in [0.15, 0.2) is 0 Å². The number of amides is 1. The quantitative estimate of drug-likeness (QED) is 0.0442. The van der Waals surface area contributed by atoms with Crippen LogP contribution in [0.3, 0.4) is 0 Å². The van der Waals surface area contributed by atoms with Gasteiger partial charge in [-0.15, -0.1) is 0 Å². The summed E-state index contributed by atoms with van der Waals surface area (Å²) in [4.78, 5) is 35.5. The molecule has 1 N–H and O–H groups in total. The second-order valence-corrected chi connectivity index (χ2v) is 11.3. The molecule has 0 aliphatic heterocycles. The van der Waals surface area contributed by atoms with Crippen LogP contribution in [0.5, 0.6) is 0 Å². The normalized spacial score (nSPS) is 10.9. The molecule has 16 heteroatoms. The summed E-state index contributed by atoms with van der Waals surface area (Å²) >= 11 is 0. The summed E-state index contributed by atoms with van der Waals surface area (Å²) in [7, 11) is 3.55. The van der Waals surface area contributed by atoms with E-state index in [0.29, 0.717) is 112 Å². The Morgan fingerprint density at radius 1 is 0.569 bits per heavy atom. The monoisotopic (exact) mass is 738 g/mol. The fourth-order valence-electron chi connectivity index (χ4n) is 3.09. The van der Waals surface area contributed by atoms with Crippen LogP contribution < -0.4 is 5.32 Å². The topological polar surface area (TPSA) is 168 Å². The number of ether oxygens (including phenoxy) is 11. The highest BCUT2D eigenvalue weighted by atomic mass is 16.6. The van der Waals surface area contributed by atoms with Crippen LogP contribution in [-0.4, -0.2) is 175 Å². The van der Waals surface area contributed by atoms with Gasteiger partial charge >= 0.3 is 18.0 Å². The highest BCUT2D eigenvalue weighted by Crippen LogP contribution is 2.08. The van der Waals surface area contributed by atoms with Crippen LogP contribution in [0.4, 0.5) is 4.79 Å². The Kier molecular flexibility index (Phi) is 38.1. The Morgan fingerprint density at radius 2 is 0.902 bits per heavy atom. The fourth-order valence-corrected chi connectivity index (χ4v) is 3.09. The van der Waals surface area contributed by atoms with E-state index in [4.69, 9.17) is 52.1 Å². The van der Waals surface area contributed by atoms with Gasteiger partial charge in [0.1, 0.15) is 18.8 Å². The van der Waals surface area contributed by atoms with E-state index < -0.39 is 5.60 Å². The zero-order valence-electron chi connectivity index (χ0n) is 31.8. The molecule has 0 fully saturated rings. The third kappa shape index (κ3) is 43.4. The number of rotatable bonds is 34. The first-order valence-electron chi connectivity index (χ1n) is 17.3. The molecule has 0 saturated heterocycles. The molecule has 51 heavy (non-hydrogen) atoms. The molecule has 300 valence electrons. The summed E-state index contributed by atoms with van der Waals surface area (Å²) in [6.45, 7) is 21.6. The predicted molar refractivity (Wildman–Crippen MR) is 191 cm³/mol. The number of carbonyl (C=O) groups is 3. The molecule has 16 nitrogen and oxygen atoms in total. The van der Waals surface area contributed by atoms with Crippen molar-refractivity contribution >= 4 is 18.0 Å². The van der Waals surface area contributed by atoms with Gasteiger partial charge in [-0.3, -0.25) is 9.59 Å². The SMILES string of the molecule is C=CCOC(=O)CCOCCOCCOCCOCCN(C)C(=O)OC(C)(C)C.C=CCOC(=O)CCOCCOCCOCCOCCNC. The first-order chi connectivity index (χ1) is 24.6. The average Bonchev–Trinajstić information content (AvgIpc) is 3.09. The molecule has 0 unspecified atom stereocenters. The maximum Gasteiger partial charge on any atom is 0.410 e. The molecule has 0 radical (unpaired) electrons. The summed E-state index contributed by atoms with van der Waals surface area (Å²) in [6.07, 6.45) is 3.13. The van der Waals surface area contributed by atoms with E-state index in [1.54, 1.807) is 7.05 Å². The lowest BCUT2D eigenvalue weighted by Crippen LogP contribution is -2.36. The second-order valence-electron chi connectivity index (χ2n) is 11.3. The van der Waals surface area contributed by atoms with Crippen molar-refractivity contribution in [1.29, 1.82) is 0 Å². The van der Waals surface area contributed by atoms with E-state index in [1.807, 2.05) is 27.8 Å². The lowest BCUT2D eigenvalue weighted by molar-refractivity contribution is -0.144. The Balaban J connectivity index is 0. The van der Waals surface area contributed by atoms with Crippen molar-refractivity contribution in [3.05, 3.63) is 25.3 Å². The van der Waals surface area contributed by atoms with E-state index in [1.165, 1.54) is 17.1 Å². The third-order valence-corrected chi connectivity index (χ3v) is 5.63. The number of hydrogen-bond donors (Lipinski definition) is 1. The van der Waals surface area contributed by atoms with Crippen LogP contribution >= 0.6 is 0 Å². The van der Waals surface area contributed by atoms with E-state index >= 15 is 0 Å². The van der Waals surface area contributed by atoms with E-state index in [2.05, 4.69) is 18.5 Å². The molecule has 0 heterocycles. The third-order valence-electron chi connectivity index (χ3n) is 5.63. The molecule has 0 aromatic heterocycles. The van der Waals surface area contributed by atoms with Gasteiger partial charge in [-0.25, -0.2) is 4.79 Å². The molecule has 0 saturated carbocycles. The minimum atomic E-state index is -0.506. The molecular formula is C35H66N2O14. The molecule has 0 aliphatic rings. The molecule has 1 amide bonds. The number of esters is 2. The van der Waals surface area contributed by atoms with Crippen LogP contribution in [0.25, 0.3) is 0 Å². The molecule has 0 aliphatic carbocycles.